The molecule has 0 aliphatic carbocycles. The number of halogens is 1. The van der Waals surface area contributed by atoms with Crippen LogP contribution in [0.5, 0.6) is 0 Å². The van der Waals surface area contributed by atoms with Crippen molar-refractivity contribution in [3.63, 3.8) is 0 Å². The lowest BCUT2D eigenvalue weighted by molar-refractivity contribution is 0.214. The molecule has 0 aliphatic heterocycles. The van der Waals surface area contributed by atoms with Crippen molar-refractivity contribution in [1.82, 2.24) is 4.98 Å². The fraction of sp³-hybridized carbons (Fsp3) is 0.357. The highest BCUT2D eigenvalue weighted by Gasteiger charge is 2.37. The van der Waals surface area contributed by atoms with Crippen molar-refractivity contribution < 1.29 is 13.6 Å². The van der Waals surface area contributed by atoms with Crippen LogP contribution in [-0.4, -0.2) is 18.2 Å². The third-order valence-electron chi connectivity index (χ3n) is 2.81. The molecule has 1 aromatic carbocycles. The van der Waals surface area contributed by atoms with E-state index in [0.29, 0.717) is 18.3 Å². The van der Waals surface area contributed by atoms with Crippen molar-refractivity contribution in [1.29, 1.82) is 0 Å². The molecule has 0 radical (unpaired) electrons. The van der Waals surface area contributed by atoms with Gasteiger partial charge in [0.2, 0.25) is 0 Å². The van der Waals surface area contributed by atoms with E-state index in [4.69, 9.17) is 9.05 Å². The van der Waals surface area contributed by atoms with Crippen LogP contribution >= 0.6 is 34.9 Å². The number of benzene rings is 1. The van der Waals surface area contributed by atoms with E-state index in [1.54, 1.807) is 20.0 Å². The molecule has 1 unspecified atom stereocenters. The molecule has 0 aliphatic rings. The predicted molar refractivity (Wildman–Crippen MR) is 93.5 cm³/mol. The number of nitrogens with zero attached hydrogens (tertiary/aromatic N) is 1. The molecule has 120 valence electrons. The smallest absolute Gasteiger partial charge is 0.344 e. The van der Waals surface area contributed by atoms with Crippen LogP contribution in [0.15, 0.2) is 40.3 Å². The molecule has 0 saturated carbocycles. The molecule has 2 rings (SSSR count). The molecule has 1 aromatic heterocycles. The van der Waals surface area contributed by atoms with Gasteiger partial charge in [-0.1, -0.05) is 28.1 Å². The van der Waals surface area contributed by atoms with E-state index in [1.165, 1.54) is 11.3 Å². The largest absolute Gasteiger partial charge is 0.357 e. The first-order chi connectivity index (χ1) is 10.6. The zero-order valence-electron chi connectivity index (χ0n) is 12.4. The first-order valence-electron chi connectivity index (χ1n) is 6.89. The number of nitrogens with one attached hydrogen (secondary N) is 1. The lowest BCUT2D eigenvalue weighted by Crippen LogP contribution is -2.15. The highest BCUT2D eigenvalue weighted by molar-refractivity contribution is 9.10. The molecule has 0 amide bonds. The summed E-state index contributed by atoms with van der Waals surface area (Å²) in [5.74, 6) is -0.605. The Kier molecular flexibility index (Phi) is 6.59. The van der Waals surface area contributed by atoms with Crippen LogP contribution in [0.3, 0.4) is 0 Å². The maximum absolute atomic E-state index is 13.2. The number of aromatic nitrogens is 1. The first-order valence-corrected chi connectivity index (χ1v) is 10.2. The zero-order chi connectivity index (χ0) is 16.0. The van der Waals surface area contributed by atoms with Gasteiger partial charge in [-0.25, -0.2) is 4.98 Å². The van der Waals surface area contributed by atoms with Gasteiger partial charge in [-0.2, -0.15) is 0 Å². The van der Waals surface area contributed by atoms with E-state index in [1.807, 2.05) is 29.6 Å². The molecular weight excluding hydrogens is 387 g/mol. The maximum Gasteiger partial charge on any atom is 0.357 e. The maximum atomic E-state index is 13.2. The fourth-order valence-electron chi connectivity index (χ4n) is 1.95. The molecule has 0 fully saturated rings. The summed E-state index contributed by atoms with van der Waals surface area (Å²) in [7, 11) is -3.37. The molecule has 2 aromatic rings. The Morgan fingerprint density at radius 1 is 1.27 bits per heavy atom. The molecule has 1 heterocycles. The number of hydrogen-bond acceptors (Lipinski definition) is 6. The number of hydrogen-bond donors (Lipinski definition) is 1. The Labute approximate surface area is 142 Å². The van der Waals surface area contributed by atoms with Crippen molar-refractivity contribution >= 4 is 40.0 Å². The van der Waals surface area contributed by atoms with Crippen LogP contribution in [0.1, 0.15) is 25.2 Å². The van der Waals surface area contributed by atoms with Gasteiger partial charge >= 0.3 is 7.60 Å². The average molecular weight is 405 g/mol. The van der Waals surface area contributed by atoms with Crippen LogP contribution in [0.25, 0.3) is 0 Å². The summed E-state index contributed by atoms with van der Waals surface area (Å²) in [6, 6.07) is 7.57. The minimum atomic E-state index is -3.37. The van der Waals surface area contributed by atoms with Crippen LogP contribution in [0, 0.1) is 0 Å². The second-order valence-electron chi connectivity index (χ2n) is 4.31. The zero-order valence-corrected chi connectivity index (χ0v) is 15.7. The van der Waals surface area contributed by atoms with Gasteiger partial charge in [0.1, 0.15) is 0 Å². The molecule has 0 saturated heterocycles. The standard InChI is InChI=1S/C14H18BrN2O3PS/c1-3-19-21(18,20-4-2)13(17-14-16-9-10-22-14)11-5-7-12(15)8-6-11/h5-10,13H,3-4H2,1-2H3,(H,16,17). The van der Waals surface area contributed by atoms with Gasteiger partial charge in [0.05, 0.1) is 13.2 Å². The molecule has 0 bridgehead atoms. The Balaban J connectivity index is 2.38. The second kappa shape index (κ2) is 8.22. The summed E-state index contributed by atoms with van der Waals surface area (Å²) < 4.78 is 25.1. The minimum Gasteiger partial charge on any atom is -0.344 e. The predicted octanol–water partition coefficient (Wildman–Crippen LogP) is 5.28. The molecule has 5 nitrogen and oxygen atoms in total. The minimum absolute atomic E-state index is 0.309. The molecule has 1 atom stereocenters. The first kappa shape index (κ1) is 17.6. The quantitative estimate of drug-likeness (QED) is 0.606. The number of rotatable bonds is 8. The summed E-state index contributed by atoms with van der Waals surface area (Å²) in [4.78, 5) is 4.20. The van der Waals surface area contributed by atoms with Crippen LogP contribution in [-0.2, 0) is 13.6 Å². The van der Waals surface area contributed by atoms with Crippen LogP contribution < -0.4 is 5.32 Å². The van der Waals surface area contributed by atoms with E-state index in [-0.39, 0.29) is 0 Å². The lowest BCUT2D eigenvalue weighted by Gasteiger charge is -2.27. The molecule has 22 heavy (non-hydrogen) atoms. The molecule has 0 spiro atoms. The highest BCUT2D eigenvalue weighted by atomic mass is 79.9. The molecular formula is C14H18BrN2O3PS. The van der Waals surface area contributed by atoms with Crippen molar-refractivity contribution in [2.75, 3.05) is 18.5 Å². The molecule has 8 heteroatoms. The SMILES string of the molecule is CCOP(=O)(OCC)C(Nc1nccs1)c1ccc(Br)cc1. The van der Waals surface area contributed by atoms with E-state index in [0.717, 1.165) is 10.0 Å². The van der Waals surface area contributed by atoms with E-state index in [2.05, 4.69) is 26.2 Å². The Morgan fingerprint density at radius 2 is 1.91 bits per heavy atom. The lowest BCUT2D eigenvalue weighted by atomic mass is 10.2. The normalized spacial score (nSPS) is 13.0. The Bertz CT molecular complexity index is 612. The summed E-state index contributed by atoms with van der Waals surface area (Å²) in [5, 5.41) is 5.71. The Morgan fingerprint density at radius 3 is 2.41 bits per heavy atom. The van der Waals surface area contributed by atoms with E-state index < -0.39 is 13.4 Å². The number of anilines is 1. The van der Waals surface area contributed by atoms with Crippen LogP contribution in [0.2, 0.25) is 0 Å². The van der Waals surface area contributed by atoms with Gasteiger partial charge in [-0.05, 0) is 31.5 Å². The summed E-state index contributed by atoms with van der Waals surface area (Å²) >= 11 is 4.84. The van der Waals surface area contributed by atoms with E-state index in [9.17, 15) is 4.57 Å². The fourth-order valence-corrected chi connectivity index (χ4v) is 4.77. The summed E-state index contributed by atoms with van der Waals surface area (Å²) in [6.45, 7) is 4.22. The van der Waals surface area contributed by atoms with Crippen molar-refractivity contribution in [2.24, 2.45) is 0 Å². The van der Waals surface area contributed by atoms with Gasteiger partial charge < -0.3 is 14.4 Å². The van der Waals surface area contributed by atoms with Crippen LogP contribution in [0.4, 0.5) is 5.13 Å². The van der Waals surface area contributed by atoms with Gasteiger partial charge in [-0.15, -0.1) is 11.3 Å². The second-order valence-corrected chi connectivity index (χ2v) is 8.23. The van der Waals surface area contributed by atoms with Gasteiger partial charge in [0.25, 0.3) is 0 Å². The summed E-state index contributed by atoms with van der Waals surface area (Å²) in [5.41, 5.74) is 0.823. The molecule has 1 N–H and O–H groups in total. The number of thiazole rings is 1. The van der Waals surface area contributed by atoms with Crippen molar-refractivity contribution in [2.45, 2.75) is 19.6 Å². The van der Waals surface area contributed by atoms with Crippen molar-refractivity contribution in [3.8, 4) is 0 Å². The van der Waals surface area contributed by atoms with Gasteiger partial charge in [0, 0.05) is 16.0 Å². The average Bonchev–Trinajstić information content (AvgIpc) is 2.99. The third-order valence-corrected chi connectivity index (χ3v) is 6.34. The van der Waals surface area contributed by atoms with Gasteiger partial charge in [0.15, 0.2) is 10.9 Å². The highest BCUT2D eigenvalue weighted by Crippen LogP contribution is 2.60. The Hall–Kier alpha value is -0.720. The monoisotopic (exact) mass is 404 g/mol. The van der Waals surface area contributed by atoms with Crippen molar-refractivity contribution in [3.05, 3.63) is 45.9 Å². The van der Waals surface area contributed by atoms with Gasteiger partial charge in [-0.3, -0.25) is 4.57 Å². The third kappa shape index (κ3) is 4.40. The summed E-state index contributed by atoms with van der Waals surface area (Å²) in [6.07, 6.45) is 1.69. The topological polar surface area (TPSA) is 60.5 Å². The van der Waals surface area contributed by atoms with E-state index >= 15 is 0 Å².